The van der Waals surface area contributed by atoms with E-state index in [1.54, 1.807) is 0 Å². The summed E-state index contributed by atoms with van der Waals surface area (Å²) in [6, 6.07) is 17.6. The SMILES string of the molecule is CC1CCN(Cc2ccc(NC(=O)CC(N)c3ccccc3)cc2)CC1.Cl.Cl. The Morgan fingerprint density at radius 1 is 1.07 bits per heavy atom. The molecule has 0 radical (unpaired) electrons. The molecule has 1 heterocycles. The molecule has 2 aromatic carbocycles. The van der Waals surface area contributed by atoms with Crippen molar-refractivity contribution in [3.8, 4) is 0 Å². The van der Waals surface area contributed by atoms with Crippen LogP contribution in [0.4, 0.5) is 5.69 Å². The van der Waals surface area contributed by atoms with Gasteiger partial charge < -0.3 is 11.1 Å². The maximum Gasteiger partial charge on any atom is 0.226 e. The van der Waals surface area contributed by atoms with Crippen LogP contribution in [0.5, 0.6) is 0 Å². The summed E-state index contributed by atoms with van der Waals surface area (Å²) in [5.41, 5.74) is 9.22. The minimum Gasteiger partial charge on any atom is -0.326 e. The summed E-state index contributed by atoms with van der Waals surface area (Å²) < 4.78 is 0. The van der Waals surface area contributed by atoms with Crippen LogP contribution in [-0.2, 0) is 11.3 Å². The van der Waals surface area contributed by atoms with E-state index in [0.717, 1.165) is 23.7 Å². The van der Waals surface area contributed by atoms with E-state index in [1.807, 2.05) is 42.5 Å². The number of halogens is 2. The maximum absolute atomic E-state index is 12.2. The summed E-state index contributed by atoms with van der Waals surface area (Å²) in [4.78, 5) is 14.7. The largest absolute Gasteiger partial charge is 0.326 e. The summed E-state index contributed by atoms with van der Waals surface area (Å²) in [7, 11) is 0. The van der Waals surface area contributed by atoms with E-state index < -0.39 is 0 Å². The van der Waals surface area contributed by atoms with Gasteiger partial charge in [0.15, 0.2) is 0 Å². The number of benzene rings is 2. The second-order valence-electron chi connectivity index (χ2n) is 7.43. The minimum atomic E-state index is -0.281. The van der Waals surface area contributed by atoms with Crippen molar-refractivity contribution in [2.45, 2.75) is 38.8 Å². The average Bonchev–Trinajstić information content (AvgIpc) is 2.66. The summed E-state index contributed by atoms with van der Waals surface area (Å²) in [5, 5.41) is 2.95. The number of rotatable bonds is 6. The van der Waals surface area contributed by atoms with Crippen LogP contribution >= 0.6 is 24.8 Å². The highest BCUT2D eigenvalue weighted by Gasteiger charge is 2.16. The Labute approximate surface area is 180 Å². The van der Waals surface area contributed by atoms with Crippen LogP contribution in [0.25, 0.3) is 0 Å². The molecule has 6 heteroatoms. The second-order valence-corrected chi connectivity index (χ2v) is 7.43. The first-order valence-electron chi connectivity index (χ1n) is 9.52. The van der Waals surface area contributed by atoms with Crippen molar-refractivity contribution in [1.29, 1.82) is 0 Å². The molecule has 3 N–H and O–H groups in total. The van der Waals surface area contributed by atoms with E-state index in [2.05, 4.69) is 29.3 Å². The predicted octanol–water partition coefficient (Wildman–Crippen LogP) is 4.79. The summed E-state index contributed by atoms with van der Waals surface area (Å²) >= 11 is 0. The van der Waals surface area contributed by atoms with Gasteiger partial charge in [0.25, 0.3) is 0 Å². The highest BCUT2D eigenvalue weighted by molar-refractivity contribution is 5.91. The fourth-order valence-corrected chi connectivity index (χ4v) is 3.40. The zero-order valence-corrected chi connectivity index (χ0v) is 18.0. The smallest absolute Gasteiger partial charge is 0.226 e. The number of nitrogens with zero attached hydrogens (tertiary/aromatic N) is 1. The maximum atomic E-state index is 12.2. The number of piperidine rings is 1. The molecule has 1 aliphatic heterocycles. The normalized spacial score (nSPS) is 15.8. The van der Waals surface area contributed by atoms with Gasteiger partial charge >= 0.3 is 0 Å². The lowest BCUT2D eigenvalue weighted by atomic mass is 9.99. The van der Waals surface area contributed by atoms with Crippen molar-refractivity contribution in [3.05, 3.63) is 65.7 Å². The monoisotopic (exact) mass is 423 g/mol. The molecule has 1 aliphatic rings. The molecule has 0 spiro atoms. The molecule has 0 saturated carbocycles. The Kier molecular flexibility index (Phi) is 10.5. The molecule has 0 aliphatic carbocycles. The molecule has 0 bridgehead atoms. The van der Waals surface area contributed by atoms with E-state index in [-0.39, 0.29) is 43.2 Å². The van der Waals surface area contributed by atoms with E-state index in [4.69, 9.17) is 5.73 Å². The molecule has 28 heavy (non-hydrogen) atoms. The minimum absolute atomic E-state index is 0. The number of amides is 1. The number of anilines is 1. The molecule has 1 amide bonds. The molecule has 1 unspecified atom stereocenters. The number of nitrogens with two attached hydrogens (primary N) is 1. The van der Waals surface area contributed by atoms with Crippen LogP contribution in [0.2, 0.25) is 0 Å². The highest BCUT2D eigenvalue weighted by atomic mass is 35.5. The number of hydrogen-bond acceptors (Lipinski definition) is 3. The highest BCUT2D eigenvalue weighted by Crippen LogP contribution is 2.19. The fraction of sp³-hybridized carbons (Fsp3) is 0.409. The van der Waals surface area contributed by atoms with Gasteiger partial charge in [0.05, 0.1) is 0 Å². The fourth-order valence-electron chi connectivity index (χ4n) is 3.40. The van der Waals surface area contributed by atoms with Crippen molar-refractivity contribution < 1.29 is 4.79 Å². The summed E-state index contributed by atoms with van der Waals surface area (Å²) in [6.07, 6.45) is 2.85. The Morgan fingerprint density at radius 2 is 1.68 bits per heavy atom. The van der Waals surface area contributed by atoms with Gasteiger partial charge in [0.2, 0.25) is 5.91 Å². The molecular formula is C22H31Cl2N3O. The molecule has 154 valence electrons. The van der Waals surface area contributed by atoms with Crippen LogP contribution in [0, 0.1) is 5.92 Å². The third kappa shape index (κ3) is 7.44. The second kappa shape index (κ2) is 12.1. The Bertz CT molecular complexity index is 701. The van der Waals surface area contributed by atoms with Gasteiger partial charge in [-0.2, -0.15) is 0 Å². The molecule has 4 nitrogen and oxygen atoms in total. The zero-order valence-electron chi connectivity index (χ0n) is 16.3. The number of carbonyl (C=O) groups excluding carboxylic acids is 1. The number of nitrogens with one attached hydrogen (secondary N) is 1. The Morgan fingerprint density at radius 3 is 2.29 bits per heavy atom. The van der Waals surface area contributed by atoms with Crippen molar-refractivity contribution in [2.24, 2.45) is 11.7 Å². The van der Waals surface area contributed by atoms with Crippen molar-refractivity contribution in [2.75, 3.05) is 18.4 Å². The van der Waals surface area contributed by atoms with E-state index >= 15 is 0 Å². The van der Waals surface area contributed by atoms with E-state index in [0.29, 0.717) is 0 Å². The first-order chi connectivity index (χ1) is 12.6. The third-order valence-electron chi connectivity index (χ3n) is 5.15. The molecule has 3 rings (SSSR count). The van der Waals surface area contributed by atoms with Gasteiger partial charge in [-0.1, -0.05) is 49.4 Å². The van der Waals surface area contributed by atoms with Gasteiger partial charge in [0, 0.05) is 24.7 Å². The number of carbonyl (C=O) groups is 1. The van der Waals surface area contributed by atoms with Crippen LogP contribution in [0.3, 0.4) is 0 Å². The van der Waals surface area contributed by atoms with Crippen molar-refractivity contribution >= 4 is 36.4 Å². The van der Waals surface area contributed by atoms with Gasteiger partial charge in [-0.3, -0.25) is 9.69 Å². The first kappa shape index (κ1) is 24.4. The van der Waals surface area contributed by atoms with E-state index in [1.165, 1.54) is 31.5 Å². The first-order valence-corrected chi connectivity index (χ1v) is 9.52. The number of likely N-dealkylation sites (tertiary alicyclic amines) is 1. The molecule has 1 atom stereocenters. The van der Waals surface area contributed by atoms with Crippen LogP contribution in [-0.4, -0.2) is 23.9 Å². The lowest BCUT2D eigenvalue weighted by Crippen LogP contribution is -2.32. The molecule has 0 aromatic heterocycles. The Balaban J connectivity index is 0.00000196. The van der Waals surface area contributed by atoms with Crippen molar-refractivity contribution in [1.82, 2.24) is 4.90 Å². The molecule has 1 saturated heterocycles. The third-order valence-corrected chi connectivity index (χ3v) is 5.15. The van der Waals surface area contributed by atoms with Gasteiger partial charge in [-0.15, -0.1) is 24.8 Å². The van der Waals surface area contributed by atoms with Gasteiger partial charge in [0.1, 0.15) is 0 Å². The van der Waals surface area contributed by atoms with Gasteiger partial charge in [-0.05, 0) is 55.1 Å². The predicted molar refractivity (Wildman–Crippen MR) is 121 cm³/mol. The molecule has 1 fully saturated rings. The van der Waals surface area contributed by atoms with Crippen molar-refractivity contribution in [3.63, 3.8) is 0 Å². The lowest BCUT2D eigenvalue weighted by Gasteiger charge is -2.30. The van der Waals surface area contributed by atoms with Crippen LogP contribution in [0.15, 0.2) is 54.6 Å². The zero-order chi connectivity index (χ0) is 18.4. The molecule has 2 aromatic rings. The quantitative estimate of drug-likeness (QED) is 0.701. The molecular weight excluding hydrogens is 393 g/mol. The van der Waals surface area contributed by atoms with Crippen LogP contribution in [0.1, 0.15) is 43.4 Å². The standard InChI is InChI=1S/C22H29N3O.2ClH/c1-17-11-13-25(14-12-17)16-18-7-9-20(10-8-18)24-22(26)15-21(23)19-5-3-2-4-6-19;;/h2-10,17,21H,11-16,23H2,1H3,(H,24,26);2*1H. The van der Waals surface area contributed by atoms with Crippen LogP contribution < -0.4 is 11.1 Å². The van der Waals surface area contributed by atoms with E-state index in [9.17, 15) is 4.79 Å². The van der Waals surface area contributed by atoms with Gasteiger partial charge in [-0.25, -0.2) is 0 Å². The summed E-state index contributed by atoms with van der Waals surface area (Å²) in [5.74, 6) is 0.796. The topological polar surface area (TPSA) is 58.4 Å². The average molecular weight is 424 g/mol. The lowest BCUT2D eigenvalue weighted by molar-refractivity contribution is -0.116. The number of hydrogen-bond donors (Lipinski definition) is 2. The Hall–Kier alpha value is -1.59. The summed E-state index contributed by atoms with van der Waals surface area (Å²) in [6.45, 7) is 5.67.